The molecule has 1 heterocycles. The number of aromatic nitrogens is 2. The van der Waals surface area contributed by atoms with Gasteiger partial charge in [0.25, 0.3) is 5.56 Å². The molecule has 1 rings (SSSR count). The highest BCUT2D eigenvalue weighted by atomic mass is 16.1. The first kappa shape index (κ1) is 7.12. The van der Waals surface area contributed by atoms with E-state index in [4.69, 9.17) is 0 Å². The zero-order valence-electron chi connectivity index (χ0n) is 6.22. The summed E-state index contributed by atoms with van der Waals surface area (Å²) in [5.74, 6) is 1.27. The van der Waals surface area contributed by atoms with Crippen LogP contribution in [0.4, 0.5) is 0 Å². The van der Waals surface area contributed by atoms with Crippen LogP contribution in [0.3, 0.4) is 0 Å². The van der Waals surface area contributed by atoms with Crippen LogP contribution in [0.25, 0.3) is 0 Å². The molecule has 3 nitrogen and oxygen atoms in total. The predicted octanol–water partition coefficient (Wildman–Crippen LogP) is 0.791. The van der Waals surface area contributed by atoms with Gasteiger partial charge in [-0.3, -0.25) is 14.6 Å². The summed E-state index contributed by atoms with van der Waals surface area (Å²) in [6.45, 7) is 4.85. The molecular weight excluding hydrogens is 128 g/mol. The summed E-state index contributed by atoms with van der Waals surface area (Å²) in [6.07, 6.45) is 1.75. The van der Waals surface area contributed by atoms with Crippen molar-refractivity contribution in [2.45, 2.75) is 20.4 Å². The molecule has 0 saturated carbocycles. The van der Waals surface area contributed by atoms with Gasteiger partial charge in [-0.1, -0.05) is 13.8 Å². The summed E-state index contributed by atoms with van der Waals surface area (Å²) < 4.78 is 1.76. The van der Waals surface area contributed by atoms with Crippen LogP contribution in [0.5, 0.6) is 0 Å². The lowest BCUT2D eigenvalue weighted by atomic mass is 10.2. The second-order valence-corrected chi connectivity index (χ2v) is 2.63. The van der Waals surface area contributed by atoms with Crippen molar-refractivity contribution in [1.82, 2.24) is 9.78 Å². The number of hydrogen-bond acceptors (Lipinski definition) is 1. The molecule has 0 saturated heterocycles. The molecule has 0 aliphatic carbocycles. The van der Waals surface area contributed by atoms with E-state index in [-0.39, 0.29) is 5.56 Å². The van der Waals surface area contributed by atoms with Crippen LogP contribution in [0.1, 0.15) is 13.8 Å². The monoisotopic (exact) mass is 139 g/mol. The van der Waals surface area contributed by atoms with Crippen molar-refractivity contribution >= 4 is 0 Å². The van der Waals surface area contributed by atoms with Gasteiger partial charge in [0.1, 0.15) is 0 Å². The van der Waals surface area contributed by atoms with Crippen LogP contribution in [0, 0.1) is 5.92 Å². The fourth-order valence-electron chi connectivity index (χ4n) is 0.807. The summed E-state index contributed by atoms with van der Waals surface area (Å²) in [7, 11) is 0. The molecule has 1 aromatic rings. The first-order valence-electron chi connectivity index (χ1n) is 3.23. The Morgan fingerprint density at radius 3 is 2.80 bits per heavy atom. The lowest BCUT2D eigenvalue weighted by Crippen LogP contribution is -2.07. The summed E-state index contributed by atoms with van der Waals surface area (Å²) in [6, 6.07) is 1.52. The van der Waals surface area contributed by atoms with E-state index in [1.54, 1.807) is 10.9 Å². The second-order valence-electron chi connectivity index (χ2n) is 2.63. The number of nitrogens with zero attached hydrogens (tertiary/aromatic N) is 1. The van der Waals surface area contributed by atoms with Gasteiger partial charge in [0, 0.05) is 18.8 Å². The maximum atomic E-state index is 10.6. The van der Waals surface area contributed by atoms with Gasteiger partial charge in [0.05, 0.1) is 0 Å². The topological polar surface area (TPSA) is 37.8 Å². The van der Waals surface area contributed by atoms with Gasteiger partial charge >= 0.3 is 0 Å². The highest BCUT2D eigenvalue weighted by molar-refractivity contribution is 4.84. The van der Waals surface area contributed by atoms with Gasteiger partial charge in [-0.15, -0.1) is 0 Å². The molecule has 0 aromatic carbocycles. The smallest absolute Gasteiger partial charge is 0.264 e. The Kier molecular flexibility index (Phi) is 1.94. The van der Waals surface area contributed by atoms with Gasteiger partial charge < -0.3 is 0 Å². The summed E-state index contributed by atoms with van der Waals surface area (Å²) in [5, 5.41) is 2.65. The van der Waals surface area contributed by atoms with E-state index in [0.29, 0.717) is 0 Å². The van der Waals surface area contributed by atoms with E-state index in [9.17, 15) is 4.79 Å². The third-order valence-electron chi connectivity index (χ3n) is 1.15. The lowest BCUT2D eigenvalue weighted by Gasteiger charge is -2.03. The van der Waals surface area contributed by atoms with Crippen molar-refractivity contribution in [2.24, 2.45) is 0 Å². The third-order valence-corrected chi connectivity index (χ3v) is 1.15. The maximum Gasteiger partial charge on any atom is 0.264 e. The average Bonchev–Trinajstić information content (AvgIpc) is 2.13. The molecule has 0 aliphatic heterocycles. The molecule has 55 valence electrons. The highest BCUT2D eigenvalue weighted by Crippen LogP contribution is 1.96. The Morgan fingerprint density at radius 1 is 1.70 bits per heavy atom. The quantitative estimate of drug-likeness (QED) is 0.646. The minimum Gasteiger partial charge on any atom is -0.292 e. The molecule has 3 heteroatoms. The Hall–Kier alpha value is -0.990. The summed E-state index contributed by atoms with van der Waals surface area (Å²) >= 11 is 0. The second kappa shape index (κ2) is 2.73. The third kappa shape index (κ3) is 1.76. The van der Waals surface area contributed by atoms with Crippen molar-refractivity contribution in [3.05, 3.63) is 28.5 Å². The van der Waals surface area contributed by atoms with E-state index >= 15 is 0 Å². The zero-order valence-corrected chi connectivity index (χ0v) is 6.22. The maximum absolute atomic E-state index is 10.6. The van der Waals surface area contributed by atoms with E-state index in [1.165, 1.54) is 12.0 Å². The SMILES string of the molecule is C[C](C)Cn1ccc(=O)[nH]1. The average molecular weight is 139 g/mol. The molecule has 1 aromatic heterocycles. The summed E-state index contributed by atoms with van der Waals surface area (Å²) in [5.41, 5.74) is -0.0405. The molecule has 0 aliphatic rings. The van der Waals surface area contributed by atoms with E-state index in [2.05, 4.69) is 5.10 Å². The molecule has 0 amide bonds. The number of H-pyrrole nitrogens is 1. The van der Waals surface area contributed by atoms with Crippen LogP contribution >= 0.6 is 0 Å². The molecule has 0 atom stereocenters. The summed E-state index contributed by atoms with van der Waals surface area (Å²) in [4.78, 5) is 10.6. The molecule has 0 spiro atoms. The van der Waals surface area contributed by atoms with Crippen LogP contribution in [-0.2, 0) is 6.54 Å². The largest absolute Gasteiger partial charge is 0.292 e. The Labute approximate surface area is 59.7 Å². The normalized spacial score (nSPS) is 10.7. The van der Waals surface area contributed by atoms with Crippen LogP contribution in [-0.4, -0.2) is 9.78 Å². The standard InChI is InChI=1S/C7H11N2O/c1-6(2)5-9-4-3-7(10)8-9/h3-4H,5H2,1-2H3,(H,8,10). The molecule has 0 unspecified atom stereocenters. The van der Waals surface area contributed by atoms with Crippen LogP contribution in [0.15, 0.2) is 17.1 Å². The number of aromatic amines is 1. The lowest BCUT2D eigenvalue weighted by molar-refractivity contribution is 0.623. The van der Waals surface area contributed by atoms with Gasteiger partial charge in [-0.05, 0) is 5.92 Å². The molecule has 10 heavy (non-hydrogen) atoms. The van der Waals surface area contributed by atoms with E-state index in [0.717, 1.165) is 6.54 Å². The van der Waals surface area contributed by atoms with Gasteiger partial charge in [-0.25, -0.2) is 0 Å². The fraction of sp³-hybridized carbons (Fsp3) is 0.429. The van der Waals surface area contributed by atoms with Crippen LogP contribution in [0.2, 0.25) is 0 Å². The predicted molar refractivity (Wildman–Crippen MR) is 39.6 cm³/mol. The molecule has 1 N–H and O–H groups in total. The van der Waals surface area contributed by atoms with Crippen molar-refractivity contribution in [1.29, 1.82) is 0 Å². The van der Waals surface area contributed by atoms with Crippen molar-refractivity contribution < 1.29 is 0 Å². The minimum absolute atomic E-state index is 0.0405. The van der Waals surface area contributed by atoms with E-state index in [1.807, 2.05) is 13.8 Å². The minimum atomic E-state index is -0.0405. The van der Waals surface area contributed by atoms with E-state index < -0.39 is 0 Å². The Bertz CT molecular complexity index is 246. The molecule has 0 fully saturated rings. The zero-order chi connectivity index (χ0) is 7.56. The van der Waals surface area contributed by atoms with Crippen LogP contribution < -0.4 is 5.56 Å². The molecular formula is C7H11N2O. The Balaban J connectivity index is 2.67. The number of rotatable bonds is 2. The van der Waals surface area contributed by atoms with Gasteiger partial charge in [0.2, 0.25) is 0 Å². The first-order chi connectivity index (χ1) is 4.68. The Morgan fingerprint density at radius 2 is 2.40 bits per heavy atom. The molecule has 0 bridgehead atoms. The van der Waals surface area contributed by atoms with Gasteiger partial charge in [0.15, 0.2) is 0 Å². The number of hydrogen-bond donors (Lipinski definition) is 1. The van der Waals surface area contributed by atoms with Crippen molar-refractivity contribution in [2.75, 3.05) is 0 Å². The highest BCUT2D eigenvalue weighted by Gasteiger charge is 1.95. The van der Waals surface area contributed by atoms with Crippen molar-refractivity contribution in [3.8, 4) is 0 Å². The van der Waals surface area contributed by atoms with Crippen molar-refractivity contribution in [3.63, 3.8) is 0 Å². The van der Waals surface area contributed by atoms with Gasteiger partial charge in [-0.2, -0.15) is 0 Å². The first-order valence-corrected chi connectivity index (χ1v) is 3.23. The fourth-order valence-corrected chi connectivity index (χ4v) is 0.807. The number of nitrogens with one attached hydrogen (secondary N) is 1. The molecule has 1 radical (unpaired) electrons.